The summed E-state index contributed by atoms with van der Waals surface area (Å²) in [5.41, 5.74) is 0.762. The summed E-state index contributed by atoms with van der Waals surface area (Å²) >= 11 is 0. The Balaban J connectivity index is 1.78. The van der Waals surface area contributed by atoms with Gasteiger partial charge in [0.05, 0.1) is 0 Å². The minimum Gasteiger partial charge on any atom is -0.406 e. The van der Waals surface area contributed by atoms with Gasteiger partial charge < -0.3 is 15.0 Å². The molecule has 1 heterocycles. The van der Waals surface area contributed by atoms with Gasteiger partial charge in [-0.15, -0.1) is 13.2 Å². The number of alkyl halides is 3. The van der Waals surface area contributed by atoms with E-state index in [1.165, 1.54) is 24.3 Å². The minimum absolute atomic E-state index is 0.114. The second-order valence-electron chi connectivity index (χ2n) is 5.37. The zero-order valence-corrected chi connectivity index (χ0v) is 13.1. The van der Waals surface area contributed by atoms with Gasteiger partial charge in [0.2, 0.25) is 5.91 Å². The summed E-state index contributed by atoms with van der Waals surface area (Å²) in [6.45, 7) is 2.23. The number of nitrogens with one attached hydrogen (secondary N) is 2. The van der Waals surface area contributed by atoms with E-state index < -0.39 is 6.36 Å². The van der Waals surface area contributed by atoms with E-state index >= 15 is 0 Å². The van der Waals surface area contributed by atoms with Crippen LogP contribution >= 0.6 is 0 Å². The van der Waals surface area contributed by atoms with E-state index in [-0.39, 0.29) is 17.6 Å². The van der Waals surface area contributed by atoms with Crippen LogP contribution in [-0.4, -0.2) is 28.8 Å². The molecule has 1 aromatic heterocycles. The molecule has 0 spiro atoms. The molecular formula is C16H18F3N3O2. The maximum atomic E-state index is 12.1. The number of aromatic amines is 1. The summed E-state index contributed by atoms with van der Waals surface area (Å²) in [5.74, 6) is 0.109. The Labute approximate surface area is 137 Å². The Morgan fingerprint density at radius 3 is 2.62 bits per heavy atom. The average Bonchev–Trinajstić information content (AvgIpc) is 3.01. The number of ether oxygens (including phenoxy) is 1. The van der Waals surface area contributed by atoms with Crippen LogP contribution in [0.2, 0.25) is 0 Å². The molecule has 1 unspecified atom stereocenters. The first-order valence-corrected chi connectivity index (χ1v) is 7.44. The molecule has 1 atom stereocenters. The number of H-pyrrole nitrogens is 1. The number of rotatable bonds is 7. The molecule has 2 rings (SSSR count). The van der Waals surface area contributed by atoms with Gasteiger partial charge in [-0.25, -0.2) is 4.98 Å². The standard InChI is InChI=1S/C16H18F3N3O2/c1-11(15(23)22-7-6-14-20-8-9-21-14)10-12-2-4-13(5-3-12)24-16(17,18)19/h2-5,8-9,11H,6-7,10H2,1H3,(H,20,21)(H,22,23). The number of aromatic nitrogens is 2. The van der Waals surface area contributed by atoms with E-state index in [9.17, 15) is 18.0 Å². The second-order valence-corrected chi connectivity index (χ2v) is 5.37. The van der Waals surface area contributed by atoms with Crippen LogP contribution in [0, 0.1) is 5.92 Å². The summed E-state index contributed by atoms with van der Waals surface area (Å²) in [6.07, 6.45) is -0.311. The summed E-state index contributed by atoms with van der Waals surface area (Å²) in [5, 5.41) is 2.81. The van der Waals surface area contributed by atoms with Gasteiger partial charge >= 0.3 is 6.36 Å². The molecule has 24 heavy (non-hydrogen) atoms. The molecule has 5 nitrogen and oxygen atoms in total. The maximum absolute atomic E-state index is 12.1. The number of carbonyl (C=O) groups excluding carboxylic acids is 1. The number of hydrogen-bond donors (Lipinski definition) is 2. The lowest BCUT2D eigenvalue weighted by atomic mass is 10.0. The van der Waals surface area contributed by atoms with Gasteiger partial charge in [0.1, 0.15) is 11.6 Å². The van der Waals surface area contributed by atoms with Crippen molar-refractivity contribution in [3.63, 3.8) is 0 Å². The largest absolute Gasteiger partial charge is 0.573 e. The first-order valence-electron chi connectivity index (χ1n) is 7.44. The first kappa shape index (κ1) is 17.8. The number of imidazole rings is 1. The van der Waals surface area contributed by atoms with Gasteiger partial charge in [0.15, 0.2) is 0 Å². The van der Waals surface area contributed by atoms with Crippen LogP contribution in [0.25, 0.3) is 0 Å². The molecular weight excluding hydrogens is 323 g/mol. The quantitative estimate of drug-likeness (QED) is 0.814. The Hall–Kier alpha value is -2.51. The highest BCUT2D eigenvalue weighted by Crippen LogP contribution is 2.23. The van der Waals surface area contributed by atoms with Crippen molar-refractivity contribution in [1.82, 2.24) is 15.3 Å². The van der Waals surface area contributed by atoms with Crippen molar-refractivity contribution < 1.29 is 22.7 Å². The van der Waals surface area contributed by atoms with Gasteiger partial charge in [0, 0.05) is 31.3 Å². The fourth-order valence-electron chi connectivity index (χ4n) is 2.19. The molecule has 0 fully saturated rings. The lowest BCUT2D eigenvalue weighted by Gasteiger charge is -2.13. The zero-order chi connectivity index (χ0) is 17.6. The van der Waals surface area contributed by atoms with E-state index in [1.54, 1.807) is 19.3 Å². The molecule has 130 valence electrons. The van der Waals surface area contributed by atoms with Gasteiger partial charge in [-0.1, -0.05) is 19.1 Å². The monoisotopic (exact) mass is 341 g/mol. The van der Waals surface area contributed by atoms with E-state index in [1.807, 2.05) is 0 Å². The summed E-state index contributed by atoms with van der Waals surface area (Å²) < 4.78 is 40.1. The smallest absolute Gasteiger partial charge is 0.406 e. The minimum atomic E-state index is -4.71. The molecule has 0 bridgehead atoms. The SMILES string of the molecule is CC(Cc1ccc(OC(F)(F)F)cc1)C(=O)NCCc1ncc[nH]1. The van der Waals surface area contributed by atoms with Crippen molar-refractivity contribution in [2.75, 3.05) is 6.54 Å². The molecule has 0 saturated heterocycles. The maximum Gasteiger partial charge on any atom is 0.573 e. The summed E-state index contributed by atoms with van der Waals surface area (Å²) in [6, 6.07) is 5.52. The van der Waals surface area contributed by atoms with Crippen LogP contribution in [-0.2, 0) is 17.6 Å². The Bertz CT molecular complexity index is 640. The van der Waals surface area contributed by atoms with Gasteiger partial charge in [-0.3, -0.25) is 4.79 Å². The fraction of sp³-hybridized carbons (Fsp3) is 0.375. The molecule has 0 aliphatic heterocycles. The van der Waals surface area contributed by atoms with Crippen molar-refractivity contribution >= 4 is 5.91 Å². The van der Waals surface area contributed by atoms with Gasteiger partial charge in [-0.2, -0.15) is 0 Å². The number of benzene rings is 1. The molecule has 0 radical (unpaired) electrons. The number of nitrogens with zero attached hydrogens (tertiary/aromatic N) is 1. The molecule has 2 N–H and O–H groups in total. The lowest BCUT2D eigenvalue weighted by molar-refractivity contribution is -0.274. The third-order valence-electron chi connectivity index (χ3n) is 3.36. The molecule has 2 aromatic rings. The van der Waals surface area contributed by atoms with E-state index in [4.69, 9.17) is 0 Å². The van der Waals surface area contributed by atoms with Crippen molar-refractivity contribution in [3.8, 4) is 5.75 Å². The van der Waals surface area contributed by atoms with Crippen molar-refractivity contribution in [2.24, 2.45) is 5.92 Å². The highest BCUT2D eigenvalue weighted by molar-refractivity contribution is 5.78. The molecule has 0 aliphatic rings. The predicted octanol–water partition coefficient (Wildman–Crippen LogP) is 2.85. The van der Waals surface area contributed by atoms with E-state index in [0.29, 0.717) is 19.4 Å². The topological polar surface area (TPSA) is 67.0 Å². The molecule has 0 saturated carbocycles. The number of carbonyl (C=O) groups is 1. The Morgan fingerprint density at radius 1 is 1.33 bits per heavy atom. The van der Waals surface area contributed by atoms with Crippen LogP contribution in [0.15, 0.2) is 36.7 Å². The number of hydrogen-bond acceptors (Lipinski definition) is 3. The average molecular weight is 341 g/mol. The first-order chi connectivity index (χ1) is 11.3. The van der Waals surface area contributed by atoms with Crippen LogP contribution in [0.4, 0.5) is 13.2 Å². The molecule has 8 heteroatoms. The van der Waals surface area contributed by atoms with Crippen molar-refractivity contribution in [1.29, 1.82) is 0 Å². The lowest BCUT2D eigenvalue weighted by Crippen LogP contribution is -2.32. The predicted molar refractivity (Wildman–Crippen MR) is 81.3 cm³/mol. The van der Waals surface area contributed by atoms with Crippen molar-refractivity contribution in [3.05, 3.63) is 48.0 Å². The van der Waals surface area contributed by atoms with E-state index in [2.05, 4.69) is 20.0 Å². The van der Waals surface area contributed by atoms with Crippen LogP contribution in [0.1, 0.15) is 18.3 Å². The summed E-state index contributed by atoms with van der Waals surface area (Å²) in [7, 11) is 0. The van der Waals surface area contributed by atoms with Gasteiger partial charge in [0.25, 0.3) is 0 Å². The number of halogens is 3. The Kier molecular flexibility index (Phi) is 5.83. The van der Waals surface area contributed by atoms with Crippen LogP contribution in [0.3, 0.4) is 0 Å². The third kappa shape index (κ3) is 5.94. The summed E-state index contributed by atoms with van der Waals surface area (Å²) in [4.78, 5) is 19.0. The van der Waals surface area contributed by atoms with Crippen LogP contribution < -0.4 is 10.1 Å². The Morgan fingerprint density at radius 2 is 2.04 bits per heavy atom. The van der Waals surface area contributed by atoms with Crippen LogP contribution in [0.5, 0.6) is 5.75 Å². The third-order valence-corrected chi connectivity index (χ3v) is 3.36. The van der Waals surface area contributed by atoms with E-state index in [0.717, 1.165) is 11.4 Å². The van der Waals surface area contributed by atoms with Gasteiger partial charge in [-0.05, 0) is 24.1 Å². The molecule has 1 amide bonds. The zero-order valence-electron chi connectivity index (χ0n) is 13.1. The highest BCUT2D eigenvalue weighted by Gasteiger charge is 2.30. The highest BCUT2D eigenvalue weighted by atomic mass is 19.4. The second kappa shape index (κ2) is 7.85. The molecule has 1 aromatic carbocycles. The normalized spacial score (nSPS) is 12.7. The molecule has 0 aliphatic carbocycles. The fourth-order valence-corrected chi connectivity index (χ4v) is 2.19. The number of amides is 1. The van der Waals surface area contributed by atoms with Crippen molar-refractivity contribution in [2.45, 2.75) is 26.1 Å².